The van der Waals surface area contributed by atoms with Gasteiger partial charge in [0.2, 0.25) is 0 Å². The van der Waals surface area contributed by atoms with E-state index < -0.39 is 0 Å². The Bertz CT molecular complexity index is 616. The van der Waals surface area contributed by atoms with E-state index in [1.165, 1.54) is 64.2 Å². The van der Waals surface area contributed by atoms with E-state index in [4.69, 9.17) is 4.74 Å². The molecule has 0 aromatic carbocycles. The fourth-order valence-electron chi connectivity index (χ4n) is 9.51. The summed E-state index contributed by atoms with van der Waals surface area (Å²) in [4.78, 5) is 0. The Morgan fingerprint density at radius 1 is 0.903 bits per heavy atom. The van der Waals surface area contributed by atoms with E-state index in [-0.39, 0.29) is 5.60 Å². The summed E-state index contributed by atoms with van der Waals surface area (Å²) in [6.07, 6.45) is 17.1. The Kier molecular flexibility index (Phi) is 6.93. The van der Waals surface area contributed by atoms with Gasteiger partial charge in [-0.05, 0) is 117 Å². The van der Waals surface area contributed by atoms with Crippen LogP contribution in [0.3, 0.4) is 0 Å². The Balaban J connectivity index is 1.48. The lowest BCUT2D eigenvalue weighted by Crippen LogP contribution is -2.56. The predicted octanol–water partition coefficient (Wildman–Crippen LogP) is 7.63. The van der Waals surface area contributed by atoms with E-state index >= 15 is 0 Å². The van der Waals surface area contributed by atoms with Gasteiger partial charge < -0.3 is 9.84 Å². The quantitative estimate of drug-likeness (QED) is 0.448. The second-order valence-corrected chi connectivity index (χ2v) is 13.3. The highest BCUT2D eigenvalue weighted by Crippen LogP contribution is 2.68. The van der Waals surface area contributed by atoms with E-state index in [0.29, 0.717) is 16.9 Å². The van der Waals surface area contributed by atoms with Crippen molar-refractivity contribution in [1.82, 2.24) is 0 Å². The number of fused-ring (bicyclic) bond motifs is 5. The van der Waals surface area contributed by atoms with E-state index in [9.17, 15) is 5.11 Å². The summed E-state index contributed by atoms with van der Waals surface area (Å²) >= 11 is 0. The number of methoxy groups -OCH3 is 1. The maximum absolute atomic E-state index is 11.0. The average molecular weight is 433 g/mol. The molecule has 1 N–H and O–H groups in total. The molecule has 2 nitrogen and oxygen atoms in total. The van der Waals surface area contributed by atoms with E-state index in [0.717, 1.165) is 54.8 Å². The summed E-state index contributed by atoms with van der Waals surface area (Å²) in [7, 11) is 1.98. The molecule has 4 saturated carbocycles. The molecule has 4 rings (SSSR count). The maximum Gasteiger partial charge on any atom is 0.0648 e. The topological polar surface area (TPSA) is 29.5 Å². The highest BCUT2D eigenvalue weighted by molar-refractivity contribution is 5.11. The summed E-state index contributed by atoms with van der Waals surface area (Å²) in [6, 6.07) is 0. The van der Waals surface area contributed by atoms with Crippen LogP contribution in [0.2, 0.25) is 0 Å². The van der Waals surface area contributed by atoms with Crippen LogP contribution in [-0.4, -0.2) is 23.9 Å². The van der Waals surface area contributed by atoms with Gasteiger partial charge >= 0.3 is 0 Å². The standard InChI is InChI=1S/C29H52O2/c1-7-29(30)18-17-27(4)21(19-29)11-12-22-23-13-14-25(28(23,5)16-15-24(22)27)26(31-6)10-8-9-20(2)3/h20-26,30H,7-19H2,1-6H3/t21-,22-,23-,24-,25+,26+,27-,28-,29-/m0/s1. The highest BCUT2D eigenvalue weighted by atomic mass is 16.5. The largest absolute Gasteiger partial charge is 0.390 e. The van der Waals surface area contributed by atoms with E-state index in [1.54, 1.807) is 0 Å². The molecule has 0 saturated heterocycles. The fourth-order valence-corrected chi connectivity index (χ4v) is 9.51. The molecule has 9 atom stereocenters. The molecule has 4 aliphatic carbocycles. The zero-order chi connectivity index (χ0) is 22.4. The van der Waals surface area contributed by atoms with Gasteiger partial charge in [-0.15, -0.1) is 0 Å². The summed E-state index contributed by atoms with van der Waals surface area (Å²) in [5, 5.41) is 11.0. The van der Waals surface area contributed by atoms with Crippen molar-refractivity contribution in [3.05, 3.63) is 0 Å². The van der Waals surface area contributed by atoms with Gasteiger partial charge in [-0.1, -0.05) is 47.5 Å². The van der Waals surface area contributed by atoms with Crippen molar-refractivity contribution >= 4 is 0 Å². The Hall–Kier alpha value is -0.0800. The summed E-state index contributed by atoms with van der Waals surface area (Å²) in [6.45, 7) is 12.2. The average Bonchev–Trinajstić information content (AvgIpc) is 3.09. The number of hydrogen-bond acceptors (Lipinski definition) is 2. The third kappa shape index (κ3) is 4.16. The molecule has 0 bridgehead atoms. The van der Waals surface area contributed by atoms with Crippen LogP contribution in [0, 0.1) is 46.3 Å². The second kappa shape index (κ2) is 8.94. The lowest BCUT2D eigenvalue weighted by Gasteiger charge is -2.62. The van der Waals surface area contributed by atoms with Crippen LogP contribution in [0.15, 0.2) is 0 Å². The third-order valence-corrected chi connectivity index (χ3v) is 11.6. The summed E-state index contributed by atoms with van der Waals surface area (Å²) < 4.78 is 6.18. The molecule has 0 amide bonds. The normalized spacial score (nSPS) is 48.2. The smallest absolute Gasteiger partial charge is 0.0648 e. The first-order chi connectivity index (χ1) is 14.7. The molecule has 0 aromatic heterocycles. The van der Waals surface area contributed by atoms with Crippen LogP contribution >= 0.6 is 0 Å². The Morgan fingerprint density at radius 2 is 1.65 bits per heavy atom. The molecule has 2 heteroatoms. The maximum atomic E-state index is 11.0. The van der Waals surface area contributed by atoms with Gasteiger partial charge in [-0.2, -0.15) is 0 Å². The molecule has 180 valence electrons. The zero-order valence-electron chi connectivity index (χ0n) is 21.6. The summed E-state index contributed by atoms with van der Waals surface area (Å²) in [5.41, 5.74) is 0.587. The molecular weight excluding hydrogens is 380 g/mol. The molecule has 0 spiro atoms. The van der Waals surface area contributed by atoms with Crippen molar-refractivity contribution in [1.29, 1.82) is 0 Å². The predicted molar refractivity (Wildman–Crippen MR) is 130 cm³/mol. The molecule has 4 aliphatic rings. The van der Waals surface area contributed by atoms with E-state index in [1.807, 2.05) is 7.11 Å². The highest BCUT2D eigenvalue weighted by Gasteiger charge is 2.61. The lowest BCUT2D eigenvalue weighted by atomic mass is 9.43. The van der Waals surface area contributed by atoms with Gasteiger partial charge in [0, 0.05) is 7.11 Å². The van der Waals surface area contributed by atoms with Crippen molar-refractivity contribution in [3.63, 3.8) is 0 Å². The Morgan fingerprint density at radius 3 is 2.32 bits per heavy atom. The van der Waals surface area contributed by atoms with Crippen LogP contribution in [0.25, 0.3) is 0 Å². The van der Waals surface area contributed by atoms with Gasteiger partial charge in [-0.3, -0.25) is 0 Å². The fraction of sp³-hybridized carbons (Fsp3) is 1.00. The van der Waals surface area contributed by atoms with Crippen molar-refractivity contribution in [2.45, 2.75) is 130 Å². The van der Waals surface area contributed by atoms with Crippen LogP contribution in [0.4, 0.5) is 0 Å². The molecule has 0 aromatic rings. The van der Waals surface area contributed by atoms with Crippen LogP contribution in [0.5, 0.6) is 0 Å². The molecule has 31 heavy (non-hydrogen) atoms. The van der Waals surface area contributed by atoms with Crippen molar-refractivity contribution in [2.75, 3.05) is 7.11 Å². The molecule has 0 heterocycles. The minimum atomic E-state index is -0.375. The molecular formula is C29H52O2. The first-order valence-corrected chi connectivity index (χ1v) is 13.9. The minimum absolute atomic E-state index is 0.375. The van der Waals surface area contributed by atoms with Crippen LogP contribution in [-0.2, 0) is 4.74 Å². The summed E-state index contributed by atoms with van der Waals surface area (Å²) in [5.74, 6) is 5.03. The number of rotatable bonds is 7. The minimum Gasteiger partial charge on any atom is -0.390 e. The second-order valence-electron chi connectivity index (χ2n) is 13.3. The lowest BCUT2D eigenvalue weighted by molar-refractivity contribution is -0.156. The van der Waals surface area contributed by atoms with Gasteiger partial charge in [0.25, 0.3) is 0 Å². The van der Waals surface area contributed by atoms with Crippen LogP contribution in [0.1, 0.15) is 118 Å². The van der Waals surface area contributed by atoms with Crippen molar-refractivity contribution < 1.29 is 9.84 Å². The molecule has 0 radical (unpaired) electrons. The van der Waals surface area contributed by atoms with Crippen molar-refractivity contribution in [3.8, 4) is 0 Å². The molecule has 0 unspecified atom stereocenters. The van der Waals surface area contributed by atoms with E-state index in [2.05, 4.69) is 34.6 Å². The van der Waals surface area contributed by atoms with Gasteiger partial charge in [0.05, 0.1) is 11.7 Å². The monoisotopic (exact) mass is 432 g/mol. The third-order valence-electron chi connectivity index (χ3n) is 11.6. The number of hydrogen-bond donors (Lipinski definition) is 1. The van der Waals surface area contributed by atoms with Gasteiger partial charge in [0.1, 0.15) is 0 Å². The first-order valence-electron chi connectivity index (χ1n) is 13.9. The van der Waals surface area contributed by atoms with Gasteiger partial charge in [-0.25, -0.2) is 0 Å². The number of ether oxygens (including phenoxy) is 1. The Labute approximate surface area is 193 Å². The van der Waals surface area contributed by atoms with Crippen molar-refractivity contribution in [2.24, 2.45) is 46.3 Å². The molecule has 4 fully saturated rings. The molecule has 0 aliphatic heterocycles. The zero-order valence-corrected chi connectivity index (χ0v) is 21.6. The van der Waals surface area contributed by atoms with Crippen LogP contribution < -0.4 is 0 Å². The first kappa shape index (κ1) is 24.1. The SMILES string of the molecule is CC[C@]1(O)CC[C@@]2(C)[C@@H](CC[C@@H]3[C@@H]2CC[C@]2(C)[C@@H]([C@@H](CCCC(C)C)OC)CC[C@@H]32)C1. The number of aliphatic hydroxyl groups is 1. The van der Waals surface area contributed by atoms with Gasteiger partial charge in [0.15, 0.2) is 0 Å².